The molecule has 84 valence electrons. The molecule has 2 N–H and O–H groups in total. The minimum atomic E-state index is 0.497. The second kappa shape index (κ2) is 6.44. The van der Waals surface area contributed by atoms with Gasteiger partial charge >= 0.3 is 0 Å². The summed E-state index contributed by atoms with van der Waals surface area (Å²) in [6.07, 6.45) is 10.9. The Hall–Kier alpha value is -0.0400. The van der Waals surface area contributed by atoms with Crippen LogP contribution in [0.5, 0.6) is 0 Å². The predicted octanol–water partition coefficient (Wildman–Crippen LogP) is 3.72. The summed E-state index contributed by atoms with van der Waals surface area (Å²) in [7, 11) is 0. The van der Waals surface area contributed by atoms with Crippen molar-refractivity contribution in [1.29, 1.82) is 0 Å². The average Bonchev–Trinajstić information content (AvgIpc) is 2.67. The van der Waals surface area contributed by atoms with E-state index in [1.54, 1.807) is 0 Å². The van der Waals surface area contributed by atoms with Gasteiger partial charge in [0.25, 0.3) is 0 Å². The maximum absolute atomic E-state index is 6.22. The molecule has 0 spiro atoms. The minimum absolute atomic E-state index is 0.497. The molecule has 1 aliphatic rings. The lowest BCUT2D eigenvalue weighted by Crippen LogP contribution is -2.28. The highest BCUT2D eigenvalue weighted by Gasteiger charge is 2.21. The molecule has 1 heteroatoms. The highest BCUT2D eigenvalue weighted by molar-refractivity contribution is 4.78. The highest BCUT2D eigenvalue weighted by Crippen LogP contribution is 2.29. The standard InChI is InChI=1S/C13H27N/c1-3-6-11(2)9-10-13(14)12-7-4-5-8-12/h11-13H,3-10,14H2,1-2H3. The molecule has 0 aromatic heterocycles. The van der Waals surface area contributed by atoms with Gasteiger partial charge < -0.3 is 5.73 Å². The third-order valence-corrected chi connectivity index (χ3v) is 3.78. The summed E-state index contributed by atoms with van der Waals surface area (Å²) in [5.74, 6) is 1.73. The Kier molecular flexibility index (Phi) is 5.54. The van der Waals surface area contributed by atoms with E-state index < -0.39 is 0 Å². The second-order valence-electron chi connectivity index (χ2n) is 5.18. The Bertz CT molecular complexity index is 138. The van der Waals surface area contributed by atoms with Crippen molar-refractivity contribution in [1.82, 2.24) is 0 Å². The fourth-order valence-corrected chi connectivity index (χ4v) is 2.74. The van der Waals surface area contributed by atoms with Gasteiger partial charge in [0.1, 0.15) is 0 Å². The van der Waals surface area contributed by atoms with E-state index >= 15 is 0 Å². The van der Waals surface area contributed by atoms with Crippen LogP contribution in [0.2, 0.25) is 0 Å². The second-order valence-corrected chi connectivity index (χ2v) is 5.18. The van der Waals surface area contributed by atoms with Crippen molar-refractivity contribution in [3.63, 3.8) is 0 Å². The van der Waals surface area contributed by atoms with Crippen molar-refractivity contribution in [2.75, 3.05) is 0 Å². The largest absolute Gasteiger partial charge is 0.327 e. The van der Waals surface area contributed by atoms with Gasteiger partial charge in [-0.25, -0.2) is 0 Å². The van der Waals surface area contributed by atoms with Crippen LogP contribution >= 0.6 is 0 Å². The summed E-state index contributed by atoms with van der Waals surface area (Å²) in [4.78, 5) is 0. The molecule has 1 aliphatic carbocycles. The quantitative estimate of drug-likeness (QED) is 0.690. The molecule has 1 nitrogen and oxygen atoms in total. The summed E-state index contributed by atoms with van der Waals surface area (Å²) in [6, 6.07) is 0.497. The third kappa shape index (κ3) is 4.00. The molecule has 0 aliphatic heterocycles. The first-order chi connectivity index (χ1) is 6.74. The van der Waals surface area contributed by atoms with Crippen molar-refractivity contribution in [2.45, 2.75) is 71.3 Å². The summed E-state index contributed by atoms with van der Waals surface area (Å²) in [6.45, 7) is 4.64. The molecule has 0 radical (unpaired) electrons. The van der Waals surface area contributed by atoms with Gasteiger partial charge in [0, 0.05) is 6.04 Å². The maximum Gasteiger partial charge on any atom is 0.00672 e. The molecular weight excluding hydrogens is 170 g/mol. The SMILES string of the molecule is CCCC(C)CCC(N)C1CCCC1. The van der Waals surface area contributed by atoms with E-state index in [1.165, 1.54) is 51.4 Å². The highest BCUT2D eigenvalue weighted by atomic mass is 14.6. The Balaban J connectivity index is 2.10. The number of hydrogen-bond donors (Lipinski definition) is 1. The predicted molar refractivity (Wildman–Crippen MR) is 63.2 cm³/mol. The molecule has 2 atom stereocenters. The van der Waals surface area contributed by atoms with Crippen LogP contribution in [0, 0.1) is 11.8 Å². The molecule has 0 bridgehead atoms. The zero-order chi connectivity index (χ0) is 10.4. The van der Waals surface area contributed by atoms with E-state index in [-0.39, 0.29) is 0 Å². The smallest absolute Gasteiger partial charge is 0.00672 e. The van der Waals surface area contributed by atoms with Crippen LogP contribution in [-0.2, 0) is 0 Å². The number of nitrogens with two attached hydrogens (primary N) is 1. The Morgan fingerprint density at radius 3 is 2.36 bits per heavy atom. The normalized spacial score (nSPS) is 22.5. The molecular formula is C13H27N. The summed E-state index contributed by atoms with van der Waals surface area (Å²) in [5.41, 5.74) is 6.22. The van der Waals surface area contributed by atoms with E-state index in [4.69, 9.17) is 5.73 Å². The minimum Gasteiger partial charge on any atom is -0.327 e. The van der Waals surface area contributed by atoms with Crippen LogP contribution in [0.15, 0.2) is 0 Å². The Labute approximate surface area is 89.5 Å². The number of rotatable bonds is 6. The van der Waals surface area contributed by atoms with Gasteiger partial charge in [0.15, 0.2) is 0 Å². The Morgan fingerprint density at radius 2 is 1.79 bits per heavy atom. The summed E-state index contributed by atoms with van der Waals surface area (Å²) >= 11 is 0. The molecule has 1 rings (SSSR count). The first-order valence-corrected chi connectivity index (χ1v) is 6.49. The zero-order valence-electron chi connectivity index (χ0n) is 9.97. The van der Waals surface area contributed by atoms with Crippen molar-refractivity contribution in [2.24, 2.45) is 17.6 Å². The molecule has 0 aromatic carbocycles. The van der Waals surface area contributed by atoms with E-state index in [1.807, 2.05) is 0 Å². The molecule has 14 heavy (non-hydrogen) atoms. The lowest BCUT2D eigenvalue weighted by atomic mass is 9.90. The molecule has 0 amide bonds. The molecule has 0 saturated heterocycles. The van der Waals surface area contributed by atoms with Crippen LogP contribution < -0.4 is 5.73 Å². The molecule has 0 aromatic rings. The molecule has 0 heterocycles. The first-order valence-electron chi connectivity index (χ1n) is 6.49. The van der Waals surface area contributed by atoms with E-state index in [9.17, 15) is 0 Å². The molecule has 2 unspecified atom stereocenters. The van der Waals surface area contributed by atoms with Crippen molar-refractivity contribution in [3.05, 3.63) is 0 Å². The van der Waals surface area contributed by atoms with Crippen LogP contribution in [0.4, 0.5) is 0 Å². The number of hydrogen-bond acceptors (Lipinski definition) is 1. The van der Waals surface area contributed by atoms with E-state index in [0.717, 1.165) is 11.8 Å². The van der Waals surface area contributed by atoms with Crippen molar-refractivity contribution >= 4 is 0 Å². The van der Waals surface area contributed by atoms with Crippen LogP contribution in [-0.4, -0.2) is 6.04 Å². The van der Waals surface area contributed by atoms with Crippen LogP contribution in [0.1, 0.15) is 65.2 Å². The summed E-state index contributed by atoms with van der Waals surface area (Å²) < 4.78 is 0. The third-order valence-electron chi connectivity index (χ3n) is 3.78. The van der Waals surface area contributed by atoms with Gasteiger partial charge in [0.05, 0.1) is 0 Å². The van der Waals surface area contributed by atoms with Gasteiger partial charge in [-0.1, -0.05) is 39.5 Å². The average molecular weight is 197 g/mol. The summed E-state index contributed by atoms with van der Waals surface area (Å²) in [5, 5.41) is 0. The maximum atomic E-state index is 6.22. The molecule has 1 saturated carbocycles. The Morgan fingerprint density at radius 1 is 1.14 bits per heavy atom. The van der Waals surface area contributed by atoms with Crippen LogP contribution in [0.25, 0.3) is 0 Å². The van der Waals surface area contributed by atoms with Crippen molar-refractivity contribution < 1.29 is 0 Å². The van der Waals surface area contributed by atoms with Gasteiger partial charge in [-0.2, -0.15) is 0 Å². The van der Waals surface area contributed by atoms with Crippen LogP contribution in [0.3, 0.4) is 0 Å². The van der Waals surface area contributed by atoms with Gasteiger partial charge in [-0.05, 0) is 37.5 Å². The monoisotopic (exact) mass is 197 g/mol. The van der Waals surface area contributed by atoms with E-state index in [0.29, 0.717) is 6.04 Å². The van der Waals surface area contributed by atoms with Crippen molar-refractivity contribution in [3.8, 4) is 0 Å². The topological polar surface area (TPSA) is 26.0 Å². The lowest BCUT2D eigenvalue weighted by molar-refractivity contribution is 0.363. The first kappa shape index (κ1) is 12.0. The van der Waals surface area contributed by atoms with E-state index in [2.05, 4.69) is 13.8 Å². The molecule has 1 fully saturated rings. The zero-order valence-corrected chi connectivity index (χ0v) is 9.97. The fourth-order valence-electron chi connectivity index (χ4n) is 2.74. The lowest BCUT2D eigenvalue weighted by Gasteiger charge is -2.20. The van der Waals surface area contributed by atoms with Gasteiger partial charge in [0.2, 0.25) is 0 Å². The van der Waals surface area contributed by atoms with Gasteiger partial charge in [-0.15, -0.1) is 0 Å². The fraction of sp³-hybridized carbons (Fsp3) is 1.00. The van der Waals surface area contributed by atoms with Gasteiger partial charge in [-0.3, -0.25) is 0 Å².